The van der Waals surface area contributed by atoms with Crippen LogP contribution < -0.4 is 16.8 Å². The Balaban J connectivity index is 1.72. The minimum absolute atomic E-state index is 0.0204. The number of carbonyl (C=O) groups is 2. The van der Waals surface area contributed by atoms with E-state index in [0.717, 1.165) is 12.7 Å². The lowest BCUT2D eigenvalue weighted by Gasteiger charge is -2.40. The monoisotopic (exact) mass is 705 g/mol. The molecule has 1 saturated carbocycles. The van der Waals surface area contributed by atoms with Crippen molar-refractivity contribution in [2.45, 2.75) is 74.4 Å². The molecule has 1 aliphatic heterocycles. The molecular weight excluding hydrogens is 659 g/mol. The average molecular weight is 706 g/mol. The van der Waals surface area contributed by atoms with Gasteiger partial charge in [-0.3, -0.25) is 20.4 Å². The second kappa shape index (κ2) is 16.0. The van der Waals surface area contributed by atoms with E-state index in [9.17, 15) is 31.2 Å². The summed E-state index contributed by atoms with van der Waals surface area (Å²) >= 11 is 0. The normalized spacial score (nSPS) is 17.6. The van der Waals surface area contributed by atoms with Gasteiger partial charge in [-0.25, -0.2) is 8.42 Å². The summed E-state index contributed by atoms with van der Waals surface area (Å²) in [6, 6.07) is 11.1. The second-order valence-corrected chi connectivity index (χ2v) is 15.2. The highest BCUT2D eigenvalue weighted by Gasteiger charge is 2.49. The Morgan fingerprint density at radius 2 is 1.63 bits per heavy atom. The fourth-order valence-corrected chi connectivity index (χ4v) is 7.58. The number of hydrogen-bond acceptors (Lipinski definition) is 6. The van der Waals surface area contributed by atoms with Gasteiger partial charge in [0.15, 0.2) is 15.8 Å². The van der Waals surface area contributed by atoms with E-state index in [2.05, 4.69) is 5.32 Å². The number of guanidine groups is 1. The molecule has 2 aromatic rings. The number of nitrogens with two attached hydrogens (primary N) is 2. The molecule has 2 fully saturated rings. The zero-order valence-electron chi connectivity index (χ0n) is 27.6. The number of piperidine rings is 1. The molecular formula is C34H46F3N7O4S. The van der Waals surface area contributed by atoms with Crippen molar-refractivity contribution in [1.29, 1.82) is 10.8 Å². The fourth-order valence-electron chi connectivity index (χ4n) is 6.90. The van der Waals surface area contributed by atoms with Crippen LogP contribution in [-0.2, 0) is 25.8 Å². The smallest absolute Gasteiger partial charge is 0.384 e. The first-order chi connectivity index (χ1) is 23.0. The summed E-state index contributed by atoms with van der Waals surface area (Å²) in [6.07, 6.45) is 0.437. The lowest BCUT2D eigenvalue weighted by atomic mass is 9.81. The van der Waals surface area contributed by atoms with Crippen LogP contribution >= 0.6 is 0 Å². The summed E-state index contributed by atoms with van der Waals surface area (Å²) in [4.78, 5) is 29.8. The van der Waals surface area contributed by atoms with E-state index in [0.29, 0.717) is 73.2 Å². The molecule has 0 spiro atoms. The Labute approximate surface area is 285 Å². The predicted octanol–water partition coefficient (Wildman–Crippen LogP) is 3.76. The van der Waals surface area contributed by atoms with Crippen LogP contribution in [0.25, 0.3) is 0 Å². The van der Waals surface area contributed by atoms with Gasteiger partial charge >= 0.3 is 12.1 Å². The molecule has 2 unspecified atom stereocenters. The first kappa shape index (κ1) is 37.7. The topological polar surface area (TPSA) is 187 Å². The number of nitrogen functional groups attached to an aromatic ring is 1. The Morgan fingerprint density at radius 3 is 2.18 bits per heavy atom. The van der Waals surface area contributed by atoms with E-state index < -0.39 is 52.3 Å². The van der Waals surface area contributed by atoms with E-state index in [4.69, 9.17) is 22.3 Å². The van der Waals surface area contributed by atoms with Gasteiger partial charge in [0.1, 0.15) is 11.9 Å². The third-order valence-electron chi connectivity index (χ3n) is 9.65. The molecule has 15 heteroatoms. The number of likely N-dealkylation sites (tertiary alicyclic amines) is 1. The number of amides is 2. The van der Waals surface area contributed by atoms with Crippen molar-refractivity contribution in [2.75, 3.05) is 32.4 Å². The molecule has 0 radical (unpaired) electrons. The maximum absolute atomic E-state index is 14.4. The molecule has 4 rings (SSSR count). The molecule has 0 aromatic heterocycles. The average Bonchev–Trinajstić information content (AvgIpc) is 3.06. The van der Waals surface area contributed by atoms with Gasteiger partial charge < -0.3 is 26.6 Å². The number of amidine groups is 1. The Morgan fingerprint density at radius 1 is 1.00 bits per heavy atom. The van der Waals surface area contributed by atoms with E-state index >= 15 is 0 Å². The van der Waals surface area contributed by atoms with Gasteiger partial charge in [0.2, 0.25) is 5.91 Å². The number of hydrogen-bond donors (Lipinski definition) is 5. The summed E-state index contributed by atoms with van der Waals surface area (Å²) in [7, 11) is -3.67. The van der Waals surface area contributed by atoms with Crippen molar-refractivity contribution in [2.24, 2.45) is 23.3 Å². The molecule has 49 heavy (non-hydrogen) atoms. The molecule has 7 N–H and O–H groups in total. The quantitative estimate of drug-likeness (QED) is 0.164. The van der Waals surface area contributed by atoms with Crippen LogP contribution in [0.5, 0.6) is 0 Å². The third kappa shape index (κ3) is 10.2. The molecule has 1 saturated heterocycles. The zero-order chi connectivity index (χ0) is 35.9. The van der Waals surface area contributed by atoms with Crippen LogP contribution in [0.4, 0.5) is 13.2 Å². The largest absolute Gasteiger partial charge is 0.471 e. The number of carbonyl (C=O) groups excluding carboxylic acids is 2. The molecule has 268 valence electrons. The number of benzene rings is 2. The van der Waals surface area contributed by atoms with Crippen molar-refractivity contribution in [3.8, 4) is 0 Å². The van der Waals surface area contributed by atoms with Gasteiger partial charge in [0.25, 0.3) is 0 Å². The molecule has 2 aromatic carbocycles. The lowest BCUT2D eigenvalue weighted by Crippen LogP contribution is -2.58. The molecule has 2 atom stereocenters. The number of nitrogens with zero attached hydrogens (tertiary/aromatic N) is 2. The summed E-state index contributed by atoms with van der Waals surface area (Å²) in [5.41, 5.74) is 12.7. The van der Waals surface area contributed by atoms with Gasteiger partial charge in [-0.15, -0.1) is 0 Å². The predicted molar refractivity (Wildman–Crippen MR) is 181 cm³/mol. The highest BCUT2D eigenvalue weighted by Crippen LogP contribution is 2.34. The van der Waals surface area contributed by atoms with Crippen molar-refractivity contribution in [3.05, 3.63) is 65.2 Å². The Kier molecular flexibility index (Phi) is 12.3. The SMILES string of the molecule is CS(=O)(=O)c1cccc(C(Cc2ccc(C(=N)N)cc2)CN(C(=O)C(F)(F)F)C(C(=O)NCC2CCN(C(=N)N)CC2)C2CCCCC2)c1. The van der Waals surface area contributed by atoms with Crippen LogP contribution in [0, 0.1) is 22.7 Å². The van der Waals surface area contributed by atoms with Crippen LogP contribution in [0.3, 0.4) is 0 Å². The number of rotatable bonds is 12. The lowest BCUT2D eigenvalue weighted by molar-refractivity contribution is -0.190. The molecule has 11 nitrogen and oxygen atoms in total. The molecule has 1 aliphatic carbocycles. The summed E-state index contributed by atoms with van der Waals surface area (Å²) < 4.78 is 68.2. The number of sulfone groups is 1. The van der Waals surface area contributed by atoms with E-state index in [-0.39, 0.29) is 35.6 Å². The zero-order valence-corrected chi connectivity index (χ0v) is 28.5. The summed E-state index contributed by atoms with van der Waals surface area (Å²) in [6.45, 7) is 0.778. The highest BCUT2D eigenvalue weighted by molar-refractivity contribution is 7.90. The molecule has 2 aliphatic rings. The first-order valence-corrected chi connectivity index (χ1v) is 18.4. The van der Waals surface area contributed by atoms with E-state index in [1.165, 1.54) is 18.2 Å². The van der Waals surface area contributed by atoms with Crippen molar-refractivity contribution >= 4 is 33.4 Å². The van der Waals surface area contributed by atoms with Gasteiger partial charge in [0, 0.05) is 43.9 Å². The highest BCUT2D eigenvalue weighted by atomic mass is 32.2. The Hall–Kier alpha value is -4.14. The van der Waals surface area contributed by atoms with Gasteiger partial charge in [0.05, 0.1) is 4.90 Å². The minimum Gasteiger partial charge on any atom is -0.384 e. The third-order valence-corrected chi connectivity index (χ3v) is 10.8. The van der Waals surface area contributed by atoms with Gasteiger partial charge in [-0.05, 0) is 67.2 Å². The van der Waals surface area contributed by atoms with Gasteiger partial charge in [-0.1, -0.05) is 55.7 Å². The van der Waals surface area contributed by atoms with Gasteiger partial charge in [-0.2, -0.15) is 13.2 Å². The Bertz CT molecular complexity index is 1600. The van der Waals surface area contributed by atoms with Crippen LogP contribution in [0.1, 0.15) is 67.6 Å². The van der Waals surface area contributed by atoms with E-state index in [1.54, 1.807) is 35.2 Å². The van der Waals surface area contributed by atoms with Crippen LogP contribution in [-0.4, -0.2) is 86.5 Å². The number of nitrogens with one attached hydrogen (secondary N) is 3. The summed E-state index contributed by atoms with van der Waals surface area (Å²) in [5, 5.41) is 18.2. The number of halogens is 3. The van der Waals surface area contributed by atoms with E-state index in [1.807, 2.05) is 0 Å². The van der Waals surface area contributed by atoms with Crippen molar-refractivity contribution in [3.63, 3.8) is 0 Å². The molecule has 1 heterocycles. The van der Waals surface area contributed by atoms with Crippen LogP contribution in [0.2, 0.25) is 0 Å². The standard InChI is InChI=1S/C34H46F3N7O4S/c1-49(47,48)28-9-5-8-26(19-28)27(18-22-10-12-25(13-11-22)30(38)39)21-44(32(46)34(35,36)37)29(24-6-3-2-4-7-24)31(45)42-20-23-14-16-43(17-15-23)33(40)41/h5,8-13,19,23-24,27,29H,2-4,6-7,14-18,20-21H2,1H3,(H3,38,39)(H3,40,41)(H,42,45). The maximum atomic E-state index is 14.4. The van der Waals surface area contributed by atoms with Crippen LogP contribution in [0.15, 0.2) is 53.4 Å². The molecule has 0 bridgehead atoms. The minimum atomic E-state index is -5.27. The molecule has 2 amide bonds. The van der Waals surface area contributed by atoms with Crippen molar-refractivity contribution < 1.29 is 31.2 Å². The number of alkyl halides is 3. The summed E-state index contributed by atoms with van der Waals surface area (Å²) in [5.74, 6) is -4.26. The maximum Gasteiger partial charge on any atom is 0.471 e. The second-order valence-electron chi connectivity index (χ2n) is 13.2. The van der Waals surface area contributed by atoms with Crippen molar-refractivity contribution in [1.82, 2.24) is 15.1 Å². The first-order valence-electron chi connectivity index (χ1n) is 16.5. The fraction of sp³-hybridized carbons (Fsp3) is 0.529.